The molecule has 0 aliphatic heterocycles. The molecule has 0 saturated carbocycles. The van der Waals surface area contributed by atoms with Gasteiger partial charge in [0.1, 0.15) is 17.5 Å². The Morgan fingerprint density at radius 2 is 1.67 bits per heavy atom. The third-order valence-corrected chi connectivity index (χ3v) is 4.27. The first-order valence-electron chi connectivity index (χ1n) is 9.40. The van der Waals surface area contributed by atoms with Gasteiger partial charge in [0.05, 0.1) is 19.9 Å². The standard InChI is InChI=1S/C22H26N2O6/c1-14(2)20(24-21(26)15-8-6-5-7-9-15)22(27)30-13-19(25)23-17-11-10-16(28-3)12-18(17)29-4/h5-12,14,20H,13H2,1-4H3,(H,23,25)(H,24,26)/t20-/m0/s1. The molecule has 8 nitrogen and oxygen atoms in total. The Morgan fingerprint density at radius 1 is 0.967 bits per heavy atom. The van der Waals surface area contributed by atoms with E-state index in [2.05, 4.69) is 10.6 Å². The Hall–Kier alpha value is -3.55. The van der Waals surface area contributed by atoms with Gasteiger partial charge in [-0.2, -0.15) is 0 Å². The summed E-state index contributed by atoms with van der Waals surface area (Å²) in [7, 11) is 2.99. The topological polar surface area (TPSA) is 103 Å². The van der Waals surface area contributed by atoms with Gasteiger partial charge in [0.25, 0.3) is 11.8 Å². The fourth-order valence-electron chi connectivity index (χ4n) is 2.63. The average Bonchev–Trinajstić information content (AvgIpc) is 2.76. The van der Waals surface area contributed by atoms with Crippen molar-refractivity contribution in [2.24, 2.45) is 5.92 Å². The molecule has 30 heavy (non-hydrogen) atoms. The number of esters is 1. The molecule has 0 radical (unpaired) electrons. The van der Waals surface area contributed by atoms with E-state index in [-0.39, 0.29) is 5.92 Å². The zero-order valence-corrected chi connectivity index (χ0v) is 17.4. The molecule has 0 aliphatic carbocycles. The molecule has 1 atom stereocenters. The molecule has 2 N–H and O–H groups in total. The number of hydrogen-bond acceptors (Lipinski definition) is 6. The second-order valence-electron chi connectivity index (χ2n) is 6.78. The molecule has 2 aromatic rings. The summed E-state index contributed by atoms with van der Waals surface area (Å²) in [5.41, 5.74) is 0.845. The highest BCUT2D eigenvalue weighted by Gasteiger charge is 2.26. The van der Waals surface area contributed by atoms with Gasteiger partial charge in [0.15, 0.2) is 6.61 Å². The van der Waals surface area contributed by atoms with Crippen molar-refractivity contribution < 1.29 is 28.6 Å². The van der Waals surface area contributed by atoms with Crippen LogP contribution in [-0.4, -0.2) is 44.7 Å². The fraction of sp³-hybridized carbons (Fsp3) is 0.318. The highest BCUT2D eigenvalue weighted by molar-refractivity contribution is 5.98. The second-order valence-corrected chi connectivity index (χ2v) is 6.78. The van der Waals surface area contributed by atoms with E-state index in [1.165, 1.54) is 14.2 Å². The zero-order valence-electron chi connectivity index (χ0n) is 17.4. The minimum absolute atomic E-state index is 0.227. The summed E-state index contributed by atoms with van der Waals surface area (Å²) in [5, 5.41) is 5.28. The molecule has 2 aromatic carbocycles. The van der Waals surface area contributed by atoms with Crippen LogP contribution in [0, 0.1) is 5.92 Å². The van der Waals surface area contributed by atoms with Crippen LogP contribution in [0.3, 0.4) is 0 Å². The molecule has 2 amide bonds. The van der Waals surface area contributed by atoms with E-state index in [4.69, 9.17) is 14.2 Å². The zero-order chi connectivity index (χ0) is 22.1. The van der Waals surface area contributed by atoms with Gasteiger partial charge in [0.2, 0.25) is 0 Å². The van der Waals surface area contributed by atoms with E-state index in [1.54, 1.807) is 62.4 Å². The largest absolute Gasteiger partial charge is 0.497 e. The number of anilines is 1. The van der Waals surface area contributed by atoms with Gasteiger partial charge < -0.3 is 24.8 Å². The number of methoxy groups -OCH3 is 2. The smallest absolute Gasteiger partial charge is 0.329 e. The molecule has 0 aromatic heterocycles. The van der Waals surface area contributed by atoms with Gasteiger partial charge in [-0.1, -0.05) is 32.0 Å². The second kappa shape index (κ2) is 10.8. The summed E-state index contributed by atoms with van der Waals surface area (Å²) >= 11 is 0. The summed E-state index contributed by atoms with van der Waals surface area (Å²) in [5.74, 6) is -0.863. The van der Waals surface area contributed by atoms with Crippen LogP contribution in [0.15, 0.2) is 48.5 Å². The summed E-state index contributed by atoms with van der Waals surface area (Å²) < 4.78 is 15.5. The van der Waals surface area contributed by atoms with Crippen molar-refractivity contribution in [2.45, 2.75) is 19.9 Å². The van der Waals surface area contributed by atoms with Gasteiger partial charge in [-0.25, -0.2) is 4.79 Å². The number of nitrogens with one attached hydrogen (secondary N) is 2. The van der Waals surface area contributed by atoms with Crippen LogP contribution in [0.1, 0.15) is 24.2 Å². The maximum Gasteiger partial charge on any atom is 0.329 e. The van der Waals surface area contributed by atoms with Crippen molar-refractivity contribution in [3.05, 3.63) is 54.1 Å². The predicted molar refractivity (Wildman–Crippen MR) is 112 cm³/mol. The molecule has 8 heteroatoms. The lowest BCUT2D eigenvalue weighted by Gasteiger charge is -2.21. The van der Waals surface area contributed by atoms with Gasteiger partial charge in [0, 0.05) is 11.6 Å². The van der Waals surface area contributed by atoms with Crippen LogP contribution in [0.25, 0.3) is 0 Å². The fourth-order valence-corrected chi connectivity index (χ4v) is 2.63. The summed E-state index contributed by atoms with van der Waals surface area (Å²) in [4.78, 5) is 37.0. The summed E-state index contributed by atoms with van der Waals surface area (Å²) in [6.07, 6.45) is 0. The molecule has 0 bridgehead atoms. The first-order valence-corrected chi connectivity index (χ1v) is 9.40. The van der Waals surface area contributed by atoms with Crippen molar-refractivity contribution in [1.29, 1.82) is 0 Å². The molecule has 0 heterocycles. The number of benzene rings is 2. The normalized spacial score (nSPS) is 11.4. The Kier molecular flexibility index (Phi) is 8.22. The first kappa shape index (κ1) is 22.7. The van der Waals surface area contributed by atoms with E-state index in [9.17, 15) is 14.4 Å². The molecular formula is C22H26N2O6. The van der Waals surface area contributed by atoms with Crippen LogP contribution in [0.4, 0.5) is 5.69 Å². The number of amides is 2. The maximum atomic E-state index is 12.5. The molecule has 0 fully saturated rings. The third-order valence-electron chi connectivity index (χ3n) is 4.27. The summed E-state index contributed by atoms with van der Waals surface area (Å²) in [6.45, 7) is 3.05. The molecule has 0 unspecified atom stereocenters. The lowest BCUT2D eigenvalue weighted by atomic mass is 10.0. The summed E-state index contributed by atoms with van der Waals surface area (Å²) in [6, 6.07) is 12.6. The van der Waals surface area contributed by atoms with Crippen LogP contribution in [0.5, 0.6) is 11.5 Å². The van der Waals surface area contributed by atoms with E-state index in [0.717, 1.165) is 0 Å². The molecule has 0 spiro atoms. The van der Waals surface area contributed by atoms with Crippen molar-refractivity contribution in [3.63, 3.8) is 0 Å². The van der Waals surface area contributed by atoms with E-state index >= 15 is 0 Å². The Bertz CT molecular complexity index is 882. The molecule has 0 saturated heterocycles. The number of carbonyl (C=O) groups is 3. The Labute approximate surface area is 175 Å². The Balaban J connectivity index is 1.95. The van der Waals surface area contributed by atoms with Crippen LogP contribution < -0.4 is 20.1 Å². The molecule has 160 valence electrons. The van der Waals surface area contributed by atoms with Gasteiger partial charge in [-0.15, -0.1) is 0 Å². The predicted octanol–water partition coefficient (Wildman–Crippen LogP) is 2.64. The van der Waals surface area contributed by atoms with Gasteiger partial charge in [-0.05, 0) is 30.2 Å². The van der Waals surface area contributed by atoms with Crippen LogP contribution >= 0.6 is 0 Å². The number of rotatable bonds is 9. The number of hydrogen-bond donors (Lipinski definition) is 2. The van der Waals surface area contributed by atoms with E-state index < -0.39 is 30.4 Å². The highest BCUT2D eigenvalue weighted by atomic mass is 16.5. The lowest BCUT2D eigenvalue weighted by molar-refractivity contribution is -0.150. The minimum Gasteiger partial charge on any atom is -0.497 e. The van der Waals surface area contributed by atoms with Gasteiger partial charge >= 0.3 is 5.97 Å². The van der Waals surface area contributed by atoms with Crippen LogP contribution in [0.2, 0.25) is 0 Å². The quantitative estimate of drug-likeness (QED) is 0.612. The lowest BCUT2D eigenvalue weighted by Crippen LogP contribution is -2.45. The number of carbonyl (C=O) groups excluding carboxylic acids is 3. The first-order chi connectivity index (χ1) is 14.3. The van der Waals surface area contributed by atoms with E-state index in [1.807, 2.05) is 0 Å². The van der Waals surface area contributed by atoms with Crippen molar-refractivity contribution >= 4 is 23.5 Å². The molecular weight excluding hydrogens is 388 g/mol. The van der Waals surface area contributed by atoms with Crippen LogP contribution in [-0.2, 0) is 14.3 Å². The third kappa shape index (κ3) is 6.23. The van der Waals surface area contributed by atoms with Crippen molar-refractivity contribution in [3.8, 4) is 11.5 Å². The molecule has 0 aliphatic rings. The van der Waals surface area contributed by atoms with Crippen molar-refractivity contribution in [1.82, 2.24) is 5.32 Å². The Morgan fingerprint density at radius 3 is 2.27 bits per heavy atom. The van der Waals surface area contributed by atoms with Crippen molar-refractivity contribution in [2.75, 3.05) is 26.1 Å². The highest BCUT2D eigenvalue weighted by Crippen LogP contribution is 2.28. The monoisotopic (exact) mass is 414 g/mol. The number of ether oxygens (including phenoxy) is 3. The SMILES string of the molecule is COc1ccc(NC(=O)COC(=O)[C@@H](NC(=O)c2ccccc2)C(C)C)c(OC)c1. The minimum atomic E-state index is -0.888. The molecule has 2 rings (SSSR count). The average molecular weight is 414 g/mol. The van der Waals surface area contributed by atoms with E-state index in [0.29, 0.717) is 22.7 Å². The van der Waals surface area contributed by atoms with Gasteiger partial charge in [-0.3, -0.25) is 9.59 Å². The maximum absolute atomic E-state index is 12.5.